The molecule has 1 heterocycles. The fourth-order valence-electron chi connectivity index (χ4n) is 1.70. The Morgan fingerprint density at radius 3 is 2.50 bits per heavy atom. The van der Waals surface area contributed by atoms with Gasteiger partial charge in [-0.15, -0.1) is 5.92 Å². The van der Waals surface area contributed by atoms with Crippen LogP contribution in [-0.4, -0.2) is 9.55 Å². The van der Waals surface area contributed by atoms with E-state index in [1.807, 2.05) is 0 Å². The number of nitrogens with one attached hydrogen (secondary N) is 1. The monoisotopic (exact) mass is 276 g/mol. The smallest absolute Gasteiger partial charge is 0.295 e. The lowest BCUT2D eigenvalue weighted by atomic mass is 10.2. The van der Waals surface area contributed by atoms with Crippen LogP contribution >= 0.6 is 0 Å². The topological polar surface area (TPSA) is 54.9 Å². The van der Waals surface area contributed by atoms with E-state index in [0.717, 1.165) is 16.7 Å². The molecule has 0 saturated heterocycles. The van der Waals surface area contributed by atoms with Crippen LogP contribution in [0.4, 0.5) is 8.78 Å². The highest BCUT2D eigenvalue weighted by Crippen LogP contribution is 2.12. The minimum absolute atomic E-state index is 0.0591. The number of H-pyrrole nitrogens is 1. The largest absolute Gasteiger partial charge is 0.328 e. The molecule has 0 aliphatic carbocycles. The van der Waals surface area contributed by atoms with Crippen LogP contribution in [0.15, 0.2) is 34.0 Å². The van der Waals surface area contributed by atoms with Gasteiger partial charge in [0, 0.05) is 11.8 Å². The predicted molar refractivity (Wildman–Crippen MR) is 69.3 cm³/mol. The second kappa shape index (κ2) is 5.53. The number of hydrogen-bond acceptors (Lipinski definition) is 2. The van der Waals surface area contributed by atoms with Crippen molar-refractivity contribution in [1.82, 2.24) is 9.55 Å². The average molecular weight is 276 g/mol. The predicted octanol–water partition coefficient (Wildman–Crippen LogP) is 1.23. The van der Waals surface area contributed by atoms with Crippen LogP contribution in [0.1, 0.15) is 18.1 Å². The molecule has 0 bridgehead atoms. The van der Waals surface area contributed by atoms with Gasteiger partial charge >= 0.3 is 5.69 Å². The van der Waals surface area contributed by atoms with E-state index in [0.29, 0.717) is 0 Å². The van der Waals surface area contributed by atoms with Crippen molar-refractivity contribution in [2.24, 2.45) is 0 Å². The summed E-state index contributed by atoms with van der Waals surface area (Å²) < 4.78 is 28.1. The molecule has 1 N–H and O–H groups in total. The number of nitrogens with zero attached hydrogens (tertiary/aromatic N) is 1. The van der Waals surface area contributed by atoms with Gasteiger partial charge in [0.25, 0.3) is 5.56 Å². The van der Waals surface area contributed by atoms with E-state index >= 15 is 0 Å². The summed E-state index contributed by atoms with van der Waals surface area (Å²) in [6, 6.07) is 3.43. The van der Waals surface area contributed by atoms with Crippen molar-refractivity contribution in [3.8, 4) is 11.8 Å². The summed E-state index contributed by atoms with van der Waals surface area (Å²) in [4.78, 5) is 25.1. The van der Waals surface area contributed by atoms with Gasteiger partial charge in [-0.25, -0.2) is 13.6 Å². The molecule has 0 amide bonds. The van der Waals surface area contributed by atoms with Crippen LogP contribution in [0.3, 0.4) is 0 Å². The minimum Gasteiger partial charge on any atom is -0.295 e. The average Bonchev–Trinajstić information content (AvgIpc) is 2.39. The molecule has 6 heteroatoms. The SMILES string of the molecule is CC#Cc1cn(Cc2c(F)cccc2F)c(=O)[nH]c1=O. The lowest BCUT2D eigenvalue weighted by molar-refractivity contribution is 0.539. The number of benzene rings is 1. The van der Waals surface area contributed by atoms with E-state index < -0.39 is 22.9 Å². The van der Waals surface area contributed by atoms with Crippen LogP contribution in [0.2, 0.25) is 0 Å². The van der Waals surface area contributed by atoms with Gasteiger partial charge in [0.2, 0.25) is 0 Å². The van der Waals surface area contributed by atoms with Crippen molar-refractivity contribution < 1.29 is 8.78 Å². The number of hydrogen-bond donors (Lipinski definition) is 1. The Bertz CT molecular complexity index is 805. The highest BCUT2D eigenvalue weighted by molar-refractivity contribution is 5.29. The van der Waals surface area contributed by atoms with Gasteiger partial charge in [-0.3, -0.25) is 14.3 Å². The number of aromatic amines is 1. The summed E-state index contributed by atoms with van der Waals surface area (Å²) in [5.41, 5.74) is -1.57. The first kappa shape index (κ1) is 13.7. The third-order valence-electron chi connectivity index (χ3n) is 2.66. The molecule has 0 atom stereocenters. The maximum atomic E-state index is 13.5. The lowest BCUT2D eigenvalue weighted by Gasteiger charge is -2.07. The van der Waals surface area contributed by atoms with Gasteiger partial charge in [0.15, 0.2) is 0 Å². The van der Waals surface area contributed by atoms with Crippen LogP contribution in [0, 0.1) is 23.5 Å². The molecule has 2 aromatic rings. The van der Waals surface area contributed by atoms with E-state index in [1.54, 1.807) is 0 Å². The van der Waals surface area contributed by atoms with E-state index in [4.69, 9.17) is 0 Å². The molecule has 0 unspecified atom stereocenters. The van der Waals surface area contributed by atoms with Crippen molar-refractivity contribution in [1.29, 1.82) is 0 Å². The standard InChI is InChI=1S/C14H10F2N2O2/c1-2-4-9-7-18(14(20)17-13(9)19)8-10-11(15)5-3-6-12(10)16/h3,5-7H,8H2,1H3,(H,17,19,20). The van der Waals surface area contributed by atoms with Crippen LogP contribution < -0.4 is 11.2 Å². The molecule has 0 radical (unpaired) electrons. The highest BCUT2D eigenvalue weighted by atomic mass is 19.1. The van der Waals surface area contributed by atoms with Crippen LogP contribution in [-0.2, 0) is 6.54 Å². The van der Waals surface area contributed by atoms with Gasteiger partial charge < -0.3 is 0 Å². The summed E-state index contributed by atoms with van der Waals surface area (Å²) >= 11 is 0. The molecule has 0 fully saturated rings. The number of halogens is 2. The van der Waals surface area contributed by atoms with E-state index in [9.17, 15) is 18.4 Å². The molecule has 102 valence electrons. The molecule has 0 aliphatic rings. The summed E-state index contributed by atoms with van der Waals surface area (Å²) in [5, 5.41) is 0. The van der Waals surface area contributed by atoms with E-state index in [1.165, 1.54) is 19.2 Å². The fourth-order valence-corrected chi connectivity index (χ4v) is 1.70. The van der Waals surface area contributed by atoms with Crippen molar-refractivity contribution in [3.05, 3.63) is 68.0 Å². The van der Waals surface area contributed by atoms with Gasteiger partial charge in [-0.05, 0) is 19.1 Å². The zero-order valence-corrected chi connectivity index (χ0v) is 10.5. The van der Waals surface area contributed by atoms with Crippen molar-refractivity contribution in [3.63, 3.8) is 0 Å². The molecule has 20 heavy (non-hydrogen) atoms. The number of rotatable bonds is 2. The third-order valence-corrected chi connectivity index (χ3v) is 2.66. The third kappa shape index (κ3) is 2.67. The Morgan fingerprint density at radius 1 is 1.25 bits per heavy atom. The zero-order valence-electron chi connectivity index (χ0n) is 10.5. The second-order valence-electron chi connectivity index (χ2n) is 4.01. The second-order valence-corrected chi connectivity index (χ2v) is 4.01. The fraction of sp³-hybridized carbons (Fsp3) is 0.143. The summed E-state index contributed by atoms with van der Waals surface area (Å²) in [5.74, 6) is 3.53. The van der Waals surface area contributed by atoms with Gasteiger partial charge in [-0.2, -0.15) is 0 Å². The Balaban J connectivity index is 2.53. The first-order valence-electron chi connectivity index (χ1n) is 5.72. The van der Waals surface area contributed by atoms with E-state index in [-0.39, 0.29) is 17.7 Å². The zero-order chi connectivity index (χ0) is 14.7. The first-order chi connectivity index (χ1) is 9.52. The lowest BCUT2D eigenvalue weighted by Crippen LogP contribution is -2.31. The first-order valence-corrected chi connectivity index (χ1v) is 5.72. The minimum atomic E-state index is -0.758. The molecule has 1 aromatic carbocycles. The molecular formula is C14H10F2N2O2. The molecule has 1 aromatic heterocycles. The van der Waals surface area contributed by atoms with Gasteiger partial charge in [0.05, 0.1) is 6.54 Å². The molecule has 4 nitrogen and oxygen atoms in total. The molecular weight excluding hydrogens is 266 g/mol. The van der Waals surface area contributed by atoms with Crippen LogP contribution in [0.25, 0.3) is 0 Å². The Hall–Kier alpha value is -2.68. The maximum Gasteiger partial charge on any atom is 0.328 e. The van der Waals surface area contributed by atoms with Crippen molar-refractivity contribution >= 4 is 0 Å². The summed E-state index contributed by atoms with van der Waals surface area (Å²) in [7, 11) is 0. The summed E-state index contributed by atoms with van der Waals surface area (Å²) in [6.07, 6.45) is 1.18. The van der Waals surface area contributed by atoms with Crippen molar-refractivity contribution in [2.75, 3.05) is 0 Å². The van der Waals surface area contributed by atoms with Crippen molar-refractivity contribution in [2.45, 2.75) is 13.5 Å². The molecule has 0 saturated carbocycles. The number of aromatic nitrogens is 2. The Morgan fingerprint density at radius 2 is 1.90 bits per heavy atom. The quantitative estimate of drug-likeness (QED) is 0.839. The molecule has 0 aliphatic heterocycles. The normalized spacial score (nSPS) is 9.95. The Kier molecular flexibility index (Phi) is 3.80. The summed E-state index contributed by atoms with van der Waals surface area (Å²) in [6.45, 7) is 1.21. The Labute approximate surface area is 112 Å². The molecule has 2 rings (SSSR count). The van der Waals surface area contributed by atoms with Gasteiger partial charge in [0.1, 0.15) is 17.2 Å². The van der Waals surface area contributed by atoms with Crippen LogP contribution in [0.5, 0.6) is 0 Å². The van der Waals surface area contributed by atoms with Gasteiger partial charge in [-0.1, -0.05) is 12.0 Å². The van der Waals surface area contributed by atoms with E-state index in [2.05, 4.69) is 16.8 Å². The maximum absolute atomic E-state index is 13.5. The molecule has 0 spiro atoms. The highest BCUT2D eigenvalue weighted by Gasteiger charge is 2.11.